The standard InChI is InChI=1S/C30H29NO4/c1-20-10-11-21(2)28(16-20)35-19-22-12-13-24(14-15-29(32)33)27(17-22)30(34)31-18-25-8-5-7-23-6-3-4-9-26(23)25/h3-13,16-17H,14-15,18-19H2,1-2H3,(H,31,34)(H,32,33). The van der Waals surface area contributed by atoms with Gasteiger partial charge in [0.1, 0.15) is 12.4 Å². The molecule has 4 aromatic carbocycles. The van der Waals surface area contributed by atoms with Crippen molar-refractivity contribution in [1.29, 1.82) is 0 Å². The molecule has 0 saturated carbocycles. The normalized spacial score (nSPS) is 10.8. The zero-order valence-electron chi connectivity index (χ0n) is 20.0. The van der Waals surface area contributed by atoms with Gasteiger partial charge in [-0.05, 0) is 71.0 Å². The van der Waals surface area contributed by atoms with E-state index in [1.54, 1.807) is 6.07 Å². The lowest BCUT2D eigenvalue weighted by atomic mass is 9.99. The second-order valence-corrected chi connectivity index (χ2v) is 8.76. The molecule has 0 saturated heterocycles. The zero-order valence-corrected chi connectivity index (χ0v) is 20.0. The molecule has 2 N–H and O–H groups in total. The highest BCUT2D eigenvalue weighted by molar-refractivity contribution is 5.96. The summed E-state index contributed by atoms with van der Waals surface area (Å²) in [5, 5.41) is 14.4. The summed E-state index contributed by atoms with van der Waals surface area (Å²) in [6.07, 6.45) is 0.242. The maximum absolute atomic E-state index is 13.2. The highest BCUT2D eigenvalue weighted by Gasteiger charge is 2.15. The summed E-state index contributed by atoms with van der Waals surface area (Å²) in [5.41, 5.74) is 5.22. The van der Waals surface area contributed by atoms with Gasteiger partial charge in [-0.25, -0.2) is 0 Å². The monoisotopic (exact) mass is 467 g/mol. The summed E-state index contributed by atoms with van der Waals surface area (Å²) in [6.45, 7) is 4.70. The third-order valence-electron chi connectivity index (χ3n) is 6.08. The number of benzene rings is 4. The van der Waals surface area contributed by atoms with E-state index in [0.29, 0.717) is 24.3 Å². The Kier molecular flexibility index (Phi) is 7.46. The van der Waals surface area contributed by atoms with Crippen LogP contribution in [0.2, 0.25) is 0 Å². The predicted octanol–water partition coefficient (Wildman–Crippen LogP) is 5.98. The van der Waals surface area contributed by atoms with Crippen LogP contribution < -0.4 is 10.1 Å². The van der Waals surface area contributed by atoms with Crippen LogP contribution in [0, 0.1) is 13.8 Å². The molecule has 0 bridgehead atoms. The van der Waals surface area contributed by atoms with Crippen molar-refractivity contribution in [2.75, 3.05) is 0 Å². The molecular weight excluding hydrogens is 438 g/mol. The van der Waals surface area contributed by atoms with Crippen LogP contribution >= 0.6 is 0 Å². The number of carbonyl (C=O) groups excluding carboxylic acids is 1. The molecule has 0 fully saturated rings. The van der Waals surface area contributed by atoms with Crippen molar-refractivity contribution in [3.05, 3.63) is 112 Å². The number of ether oxygens (including phenoxy) is 1. The van der Waals surface area contributed by atoms with Gasteiger partial charge >= 0.3 is 5.97 Å². The van der Waals surface area contributed by atoms with E-state index in [4.69, 9.17) is 9.84 Å². The minimum absolute atomic E-state index is 0.0397. The van der Waals surface area contributed by atoms with Gasteiger partial charge in [0.15, 0.2) is 0 Å². The number of hydrogen-bond acceptors (Lipinski definition) is 3. The summed E-state index contributed by atoms with van der Waals surface area (Å²) >= 11 is 0. The van der Waals surface area contributed by atoms with Crippen LogP contribution in [-0.4, -0.2) is 17.0 Å². The molecule has 35 heavy (non-hydrogen) atoms. The number of fused-ring (bicyclic) bond motifs is 1. The van der Waals surface area contributed by atoms with Gasteiger partial charge in [0, 0.05) is 18.5 Å². The largest absolute Gasteiger partial charge is 0.489 e. The van der Waals surface area contributed by atoms with Gasteiger partial charge in [0.25, 0.3) is 5.91 Å². The summed E-state index contributed by atoms with van der Waals surface area (Å²) < 4.78 is 6.03. The molecule has 4 aromatic rings. The van der Waals surface area contributed by atoms with E-state index in [9.17, 15) is 9.59 Å². The van der Waals surface area contributed by atoms with Gasteiger partial charge in [-0.3, -0.25) is 9.59 Å². The van der Waals surface area contributed by atoms with E-state index in [-0.39, 0.29) is 18.7 Å². The number of aryl methyl sites for hydroxylation is 3. The predicted molar refractivity (Wildman–Crippen MR) is 138 cm³/mol. The number of rotatable bonds is 9. The number of nitrogens with one attached hydrogen (secondary N) is 1. The number of carbonyl (C=O) groups is 2. The molecule has 0 radical (unpaired) electrons. The minimum atomic E-state index is -0.894. The van der Waals surface area contributed by atoms with Gasteiger partial charge < -0.3 is 15.2 Å². The first kappa shape index (κ1) is 24.0. The first-order valence-corrected chi connectivity index (χ1v) is 11.7. The van der Waals surface area contributed by atoms with Gasteiger partial charge in [0.05, 0.1) is 0 Å². The van der Waals surface area contributed by atoms with E-state index in [1.807, 2.05) is 86.6 Å². The molecule has 5 heteroatoms. The van der Waals surface area contributed by atoms with Crippen molar-refractivity contribution in [1.82, 2.24) is 5.32 Å². The number of carboxylic acid groups (broad SMARTS) is 1. The van der Waals surface area contributed by atoms with Gasteiger partial charge in [-0.2, -0.15) is 0 Å². The quantitative estimate of drug-likeness (QED) is 0.317. The number of amides is 1. The van der Waals surface area contributed by atoms with E-state index in [0.717, 1.165) is 38.8 Å². The molecular formula is C30H29NO4. The third kappa shape index (κ3) is 6.07. The molecule has 0 aromatic heterocycles. The highest BCUT2D eigenvalue weighted by Crippen LogP contribution is 2.22. The summed E-state index contributed by atoms with van der Waals surface area (Å²) in [7, 11) is 0. The van der Waals surface area contributed by atoms with Crippen LogP contribution in [0.5, 0.6) is 5.75 Å². The molecule has 0 spiro atoms. The molecule has 0 heterocycles. The van der Waals surface area contributed by atoms with Crippen LogP contribution in [0.1, 0.15) is 44.6 Å². The van der Waals surface area contributed by atoms with E-state index in [1.165, 1.54) is 0 Å². The summed E-state index contributed by atoms with van der Waals surface area (Å²) in [5.74, 6) is -0.316. The van der Waals surface area contributed by atoms with Gasteiger partial charge in [0.2, 0.25) is 0 Å². The molecule has 1 amide bonds. The first-order valence-electron chi connectivity index (χ1n) is 11.7. The van der Waals surface area contributed by atoms with Crippen molar-refractivity contribution >= 4 is 22.6 Å². The van der Waals surface area contributed by atoms with Crippen LogP contribution in [0.25, 0.3) is 10.8 Å². The van der Waals surface area contributed by atoms with Gasteiger partial charge in [-0.15, -0.1) is 0 Å². The van der Waals surface area contributed by atoms with Crippen LogP contribution in [-0.2, 0) is 24.4 Å². The molecule has 178 valence electrons. The topological polar surface area (TPSA) is 75.6 Å². The van der Waals surface area contributed by atoms with Crippen molar-refractivity contribution in [2.24, 2.45) is 0 Å². The highest BCUT2D eigenvalue weighted by atomic mass is 16.5. The number of hydrogen-bond donors (Lipinski definition) is 2. The zero-order chi connectivity index (χ0) is 24.8. The lowest BCUT2D eigenvalue weighted by Crippen LogP contribution is -2.24. The van der Waals surface area contributed by atoms with Gasteiger partial charge in [-0.1, -0.05) is 66.7 Å². The molecule has 0 aliphatic heterocycles. The Hall–Kier alpha value is -4.12. The molecule has 0 aliphatic rings. The Bertz CT molecular complexity index is 1370. The molecule has 4 rings (SSSR count). The fraction of sp³-hybridized carbons (Fsp3) is 0.200. The van der Waals surface area contributed by atoms with Crippen molar-refractivity contribution in [3.8, 4) is 5.75 Å². The molecule has 0 atom stereocenters. The van der Waals surface area contributed by atoms with Crippen LogP contribution in [0.4, 0.5) is 0 Å². The second kappa shape index (κ2) is 10.9. The first-order chi connectivity index (χ1) is 16.9. The molecule has 5 nitrogen and oxygen atoms in total. The van der Waals surface area contributed by atoms with Crippen molar-refractivity contribution in [2.45, 2.75) is 39.8 Å². The third-order valence-corrected chi connectivity index (χ3v) is 6.08. The summed E-state index contributed by atoms with van der Waals surface area (Å²) in [6, 6.07) is 25.7. The Balaban J connectivity index is 1.54. The Morgan fingerprint density at radius 3 is 2.51 bits per heavy atom. The van der Waals surface area contributed by atoms with Crippen LogP contribution in [0.15, 0.2) is 78.9 Å². The van der Waals surface area contributed by atoms with Crippen molar-refractivity contribution in [3.63, 3.8) is 0 Å². The lowest BCUT2D eigenvalue weighted by molar-refractivity contribution is -0.136. The van der Waals surface area contributed by atoms with Crippen molar-refractivity contribution < 1.29 is 19.4 Å². The van der Waals surface area contributed by atoms with E-state index < -0.39 is 5.97 Å². The lowest BCUT2D eigenvalue weighted by Gasteiger charge is -2.14. The maximum atomic E-state index is 13.2. The Labute approximate surface area is 205 Å². The van der Waals surface area contributed by atoms with Crippen LogP contribution in [0.3, 0.4) is 0 Å². The second-order valence-electron chi connectivity index (χ2n) is 8.76. The Morgan fingerprint density at radius 2 is 1.69 bits per heavy atom. The molecule has 0 aliphatic carbocycles. The molecule has 0 unspecified atom stereocenters. The average Bonchev–Trinajstić information content (AvgIpc) is 2.86. The number of aliphatic carboxylic acids is 1. The average molecular weight is 468 g/mol. The van der Waals surface area contributed by atoms with E-state index >= 15 is 0 Å². The SMILES string of the molecule is Cc1ccc(C)c(OCc2ccc(CCC(=O)O)c(C(=O)NCc3cccc4ccccc34)c2)c1. The minimum Gasteiger partial charge on any atom is -0.489 e. The maximum Gasteiger partial charge on any atom is 0.303 e. The fourth-order valence-corrected chi connectivity index (χ4v) is 4.13. The summed E-state index contributed by atoms with van der Waals surface area (Å²) in [4.78, 5) is 24.4. The number of carboxylic acids is 1. The van der Waals surface area contributed by atoms with E-state index in [2.05, 4.69) is 5.32 Å². The fourth-order valence-electron chi connectivity index (χ4n) is 4.13. The smallest absolute Gasteiger partial charge is 0.303 e. The Morgan fingerprint density at radius 1 is 0.886 bits per heavy atom.